The van der Waals surface area contributed by atoms with E-state index >= 15 is 0 Å². The van der Waals surface area contributed by atoms with Gasteiger partial charge in [0, 0.05) is 43.7 Å². The molecule has 4 rings (SSSR count). The monoisotopic (exact) mass is 382 g/mol. The first-order valence-electron chi connectivity index (χ1n) is 9.64. The van der Waals surface area contributed by atoms with Crippen LogP contribution in [0.3, 0.4) is 0 Å². The number of hydrogen-bond acceptors (Lipinski definition) is 6. The van der Waals surface area contributed by atoms with E-state index in [0.717, 1.165) is 43.0 Å². The van der Waals surface area contributed by atoms with E-state index in [-0.39, 0.29) is 5.91 Å². The van der Waals surface area contributed by atoms with Crippen molar-refractivity contribution < 1.29 is 14.3 Å². The fraction of sp³-hybridized carbons (Fsp3) is 0.476. The van der Waals surface area contributed by atoms with Gasteiger partial charge in [0.05, 0.1) is 19.9 Å². The number of amides is 1. The van der Waals surface area contributed by atoms with Crippen LogP contribution in [0.1, 0.15) is 39.8 Å². The second-order valence-electron chi connectivity index (χ2n) is 7.46. The average Bonchev–Trinajstić information content (AvgIpc) is 3.18. The van der Waals surface area contributed by atoms with Gasteiger partial charge in [0.15, 0.2) is 0 Å². The zero-order chi connectivity index (χ0) is 19.7. The molecular formula is C21H26N4O3. The van der Waals surface area contributed by atoms with Crippen LogP contribution in [0, 0.1) is 0 Å². The second-order valence-corrected chi connectivity index (χ2v) is 7.46. The van der Waals surface area contributed by atoms with Gasteiger partial charge in [0.2, 0.25) is 0 Å². The largest absolute Gasteiger partial charge is 0.496 e. The van der Waals surface area contributed by atoms with Crippen LogP contribution >= 0.6 is 0 Å². The predicted molar refractivity (Wildman–Crippen MR) is 105 cm³/mol. The summed E-state index contributed by atoms with van der Waals surface area (Å²) >= 11 is 0. The van der Waals surface area contributed by atoms with Crippen molar-refractivity contribution >= 4 is 5.91 Å². The summed E-state index contributed by atoms with van der Waals surface area (Å²) in [6.45, 7) is 3.22. The molecule has 1 fully saturated rings. The van der Waals surface area contributed by atoms with Crippen LogP contribution in [0.15, 0.2) is 24.4 Å². The molecule has 1 aromatic heterocycles. The lowest BCUT2D eigenvalue weighted by Crippen LogP contribution is -2.37. The minimum atomic E-state index is -0.0959. The lowest BCUT2D eigenvalue weighted by Gasteiger charge is -2.29. The Labute approximate surface area is 165 Å². The predicted octanol–water partition coefficient (Wildman–Crippen LogP) is 2.11. The highest BCUT2D eigenvalue weighted by molar-refractivity contribution is 5.99. The van der Waals surface area contributed by atoms with Crippen molar-refractivity contribution in [2.75, 3.05) is 40.9 Å². The van der Waals surface area contributed by atoms with Gasteiger partial charge in [0.1, 0.15) is 22.9 Å². The van der Waals surface area contributed by atoms with Crippen LogP contribution < -0.4 is 9.47 Å². The molecule has 1 saturated heterocycles. The number of benzene rings is 1. The SMILES string of the molecule is COc1cccc(OC)c1C(=O)N1CCc2nc(C3CCN(C)C3)ncc2C1. The van der Waals surface area contributed by atoms with Crippen molar-refractivity contribution in [3.8, 4) is 11.5 Å². The fourth-order valence-electron chi connectivity index (χ4n) is 4.07. The van der Waals surface area contributed by atoms with Crippen LogP contribution in [0.2, 0.25) is 0 Å². The van der Waals surface area contributed by atoms with Crippen LogP contribution in [0.5, 0.6) is 11.5 Å². The molecule has 1 unspecified atom stereocenters. The molecule has 1 amide bonds. The highest BCUT2D eigenvalue weighted by Crippen LogP contribution is 2.31. The fourth-order valence-corrected chi connectivity index (χ4v) is 4.07. The maximum absolute atomic E-state index is 13.2. The van der Waals surface area contributed by atoms with Crippen molar-refractivity contribution in [1.82, 2.24) is 19.8 Å². The normalized spacial score (nSPS) is 19.4. The Morgan fingerprint density at radius 2 is 1.93 bits per heavy atom. The van der Waals surface area contributed by atoms with E-state index in [9.17, 15) is 4.79 Å². The van der Waals surface area contributed by atoms with Crippen LogP contribution in [0.4, 0.5) is 0 Å². The van der Waals surface area contributed by atoms with Crippen LogP contribution in [0.25, 0.3) is 0 Å². The van der Waals surface area contributed by atoms with Crippen molar-refractivity contribution in [1.29, 1.82) is 0 Å². The van der Waals surface area contributed by atoms with Gasteiger partial charge < -0.3 is 19.3 Å². The Kier molecular flexibility index (Phi) is 5.17. The molecule has 7 heteroatoms. The van der Waals surface area contributed by atoms with Crippen molar-refractivity contribution in [2.24, 2.45) is 0 Å². The van der Waals surface area contributed by atoms with Gasteiger partial charge in [-0.25, -0.2) is 9.97 Å². The molecule has 2 aromatic rings. The number of carbonyl (C=O) groups excluding carboxylic acids is 1. The number of likely N-dealkylation sites (tertiary alicyclic amines) is 1. The summed E-state index contributed by atoms with van der Waals surface area (Å²) in [6.07, 6.45) is 3.74. The van der Waals surface area contributed by atoms with E-state index < -0.39 is 0 Å². The van der Waals surface area contributed by atoms with Crippen molar-refractivity contribution in [2.45, 2.75) is 25.3 Å². The Hall–Kier alpha value is -2.67. The number of rotatable bonds is 4. The molecular weight excluding hydrogens is 356 g/mol. The number of carbonyl (C=O) groups is 1. The summed E-state index contributed by atoms with van der Waals surface area (Å²) in [5.74, 6) is 2.29. The van der Waals surface area contributed by atoms with Gasteiger partial charge in [-0.3, -0.25) is 4.79 Å². The van der Waals surface area contributed by atoms with E-state index in [0.29, 0.717) is 36.1 Å². The molecule has 0 radical (unpaired) electrons. The second kappa shape index (κ2) is 7.75. The molecule has 2 aliphatic heterocycles. The molecule has 1 atom stereocenters. The van der Waals surface area contributed by atoms with Gasteiger partial charge in [0.25, 0.3) is 5.91 Å². The third-order valence-electron chi connectivity index (χ3n) is 5.64. The first-order chi connectivity index (χ1) is 13.6. The third-order valence-corrected chi connectivity index (χ3v) is 5.64. The third kappa shape index (κ3) is 3.42. The molecule has 0 aliphatic carbocycles. The smallest absolute Gasteiger partial charge is 0.261 e. The molecule has 3 heterocycles. The van der Waals surface area contributed by atoms with Crippen LogP contribution in [-0.4, -0.2) is 66.6 Å². The van der Waals surface area contributed by atoms with Crippen molar-refractivity contribution in [3.63, 3.8) is 0 Å². The molecule has 0 spiro atoms. The molecule has 7 nitrogen and oxygen atoms in total. The zero-order valence-corrected chi connectivity index (χ0v) is 16.6. The summed E-state index contributed by atoms with van der Waals surface area (Å²) in [5, 5.41) is 0. The lowest BCUT2D eigenvalue weighted by atomic mass is 10.0. The Bertz CT molecular complexity index is 864. The molecule has 0 bridgehead atoms. The number of ether oxygens (including phenoxy) is 2. The van der Waals surface area contributed by atoms with E-state index in [1.807, 2.05) is 17.2 Å². The van der Waals surface area contributed by atoms with Gasteiger partial charge >= 0.3 is 0 Å². The van der Waals surface area contributed by atoms with E-state index in [1.165, 1.54) is 0 Å². The highest BCUT2D eigenvalue weighted by Gasteiger charge is 2.29. The Balaban J connectivity index is 1.55. The minimum absolute atomic E-state index is 0.0959. The van der Waals surface area contributed by atoms with E-state index in [4.69, 9.17) is 14.5 Å². The maximum Gasteiger partial charge on any atom is 0.261 e. The van der Waals surface area contributed by atoms with Gasteiger partial charge in [-0.15, -0.1) is 0 Å². The van der Waals surface area contributed by atoms with Crippen molar-refractivity contribution in [3.05, 3.63) is 47.0 Å². The maximum atomic E-state index is 13.2. The molecule has 0 N–H and O–H groups in total. The van der Waals surface area contributed by atoms with E-state index in [1.54, 1.807) is 26.4 Å². The van der Waals surface area contributed by atoms with Gasteiger partial charge in [-0.05, 0) is 32.1 Å². The van der Waals surface area contributed by atoms with Gasteiger partial charge in [-0.1, -0.05) is 6.07 Å². The summed E-state index contributed by atoms with van der Waals surface area (Å²) in [7, 11) is 5.26. The average molecular weight is 382 g/mol. The number of nitrogens with zero attached hydrogens (tertiary/aromatic N) is 4. The standard InChI is InChI=1S/C21H26N4O3/c1-24-9-7-14(12-24)20-22-11-15-13-25(10-8-16(15)23-20)21(26)19-17(27-2)5-4-6-18(19)28-3/h4-6,11,14H,7-10,12-13H2,1-3H3. The summed E-state index contributed by atoms with van der Waals surface area (Å²) in [5.41, 5.74) is 2.54. The topological polar surface area (TPSA) is 67.8 Å². The number of methoxy groups -OCH3 is 2. The van der Waals surface area contributed by atoms with E-state index in [2.05, 4.69) is 16.9 Å². The molecule has 1 aromatic carbocycles. The highest BCUT2D eigenvalue weighted by atomic mass is 16.5. The number of aromatic nitrogens is 2. The Morgan fingerprint density at radius 1 is 1.18 bits per heavy atom. The minimum Gasteiger partial charge on any atom is -0.496 e. The molecule has 0 saturated carbocycles. The zero-order valence-electron chi connectivity index (χ0n) is 16.6. The Morgan fingerprint density at radius 3 is 2.57 bits per heavy atom. The van der Waals surface area contributed by atoms with Gasteiger partial charge in [-0.2, -0.15) is 0 Å². The quantitative estimate of drug-likeness (QED) is 0.807. The van der Waals surface area contributed by atoms with Crippen LogP contribution in [-0.2, 0) is 13.0 Å². The number of hydrogen-bond donors (Lipinski definition) is 0. The molecule has 28 heavy (non-hydrogen) atoms. The summed E-state index contributed by atoms with van der Waals surface area (Å²) < 4.78 is 10.8. The summed E-state index contributed by atoms with van der Waals surface area (Å²) in [4.78, 5) is 26.8. The first-order valence-corrected chi connectivity index (χ1v) is 9.64. The molecule has 2 aliphatic rings. The first kappa shape index (κ1) is 18.7. The number of likely N-dealkylation sites (N-methyl/N-ethyl adjacent to an activating group) is 1. The molecule has 148 valence electrons. The number of fused-ring (bicyclic) bond motifs is 1. The summed E-state index contributed by atoms with van der Waals surface area (Å²) in [6, 6.07) is 5.37. The lowest BCUT2D eigenvalue weighted by molar-refractivity contribution is 0.0726.